The van der Waals surface area contributed by atoms with E-state index in [1.54, 1.807) is 25.1 Å². The second kappa shape index (κ2) is 11.2. The highest BCUT2D eigenvalue weighted by Crippen LogP contribution is 2.24. The minimum absolute atomic E-state index is 0.171. The molecule has 0 saturated heterocycles. The number of aryl methyl sites for hydroxylation is 2. The summed E-state index contributed by atoms with van der Waals surface area (Å²) in [6.45, 7) is 8.22. The second-order valence-corrected chi connectivity index (χ2v) is 8.16. The molecule has 0 radical (unpaired) electrons. The summed E-state index contributed by atoms with van der Waals surface area (Å²) in [5.41, 5.74) is 2.88. The minimum Gasteiger partial charge on any atom is -0.484 e. The lowest BCUT2D eigenvalue weighted by molar-refractivity contribution is -0.142. The summed E-state index contributed by atoms with van der Waals surface area (Å²) in [6, 6.07) is 10.3. The van der Waals surface area contributed by atoms with Crippen molar-refractivity contribution < 1.29 is 14.3 Å². The average Bonchev–Trinajstić information content (AvgIpc) is 2.69. The van der Waals surface area contributed by atoms with E-state index in [0.717, 1.165) is 23.1 Å². The van der Waals surface area contributed by atoms with Crippen LogP contribution >= 0.6 is 23.2 Å². The first-order chi connectivity index (χ1) is 14.2. The molecule has 0 bridgehead atoms. The summed E-state index contributed by atoms with van der Waals surface area (Å²) in [6.07, 6.45) is 0.815. The van der Waals surface area contributed by atoms with Crippen LogP contribution in [0, 0.1) is 13.8 Å². The summed E-state index contributed by atoms with van der Waals surface area (Å²) in [5, 5.41) is 3.68. The Balaban J connectivity index is 2.18. The molecule has 0 unspecified atom stereocenters. The fraction of sp³-hybridized carbons (Fsp3) is 0.391. The summed E-state index contributed by atoms with van der Waals surface area (Å²) >= 11 is 12.1. The Morgan fingerprint density at radius 3 is 2.33 bits per heavy atom. The maximum absolute atomic E-state index is 13.0. The van der Waals surface area contributed by atoms with Crippen LogP contribution in [0.25, 0.3) is 0 Å². The summed E-state index contributed by atoms with van der Waals surface area (Å²) in [7, 11) is 0. The molecule has 2 rings (SSSR count). The average molecular weight is 451 g/mol. The van der Waals surface area contributed by atoms with Crippen LogP contribution in [0.3, 0.4) is 0 Å². The van der Waals surface area contributed by atoms with Crippen molar-refractivity contribution in [1.29, 1.82) is 0 Å². The number of carbonyl (C=O) groups is 2. The van der Waals surface area contributed by atoms with Crippen molar-refractivity contribution in [3.05, 3.63) is 63.1 Å². The summed E-state index contributed by atoms with van der Waals surface area (Å²) < 4.78 is 5.73. The van der Waals surface area contributed by atoms with Crippen molar-refractivity contribution in [2.45, 2.75) is 46.7 Å². The number of nitrogens with one attached hydrogen (secondary N) is 1. The van der Waals surface area contributed by atoms with Gasteiger partial charge in [-0.3, -0.25) is 9.59 Å². The molecule has 0 fully saturated rings. The van der Waals surface area contributed by atoms with Gasteiger partial charge in [-0.05, 0) is 68.1 Å². The van der Waals surface area contributed by atoms with Gasteiger partial charge in [-0.25, -0.2) is 0 Å². The van der Waals surface area contributed by atoms with Crippen LogP contribution in [-0.4, -0.2) is 35.9 Å². The van der Waals surface area contributed by atoms with Gasteiger partial charge < -0.3 is 15.0 Å². The highest BCUT2D eigenvalue weighted by Gasteiger charge is 2.26. The molecule has 0 heterocycles. The number of hydrogen-bond donors (Lipinski definition) is 1. The molecule has 0 saturated carbocycles. The molecule has 30 heavy (non-hydrogen) atoms. The molecular weight excluding hydrogens is 423 g/mol. The SMILES string of the molecule is CCCNC(=O)[C@@H](C)N(Cc1ccc(Cl)c(Cl)c1)C(=O)COc1cc(C)cc(C)c1. The normalized spacial score (nSPS) is 11.7. The highest BCUT2D eigenvalue weighted by molar-refractivity contribution is 6.42. The van der Waals surface area contributed by atoms with E-state index in [1.165, 1.54) is 4.90 Å². The fourth-order valence-corrected chi connectivity index (χ4v) is 3.38. The van der Waals surface area contributed by atoms with Crippen LogP contribution in [0.1, 0.15) is 37.0 Å². The fourth-order valence-electron chi connectivity index (χ4n) is 3.06. The van der Waals surface area contributed by atoms with Crippen molar-refractivity contribution in [2.75, 3.05) is 13.2 Å². The Kier molecular flexibility index (Phi) is 9.00. The number of carbonyl (C=O) groups excluding carboxylic acids is 2. The van der Waals surface area contributed by atoms with E-state index in [9.17, 15) is 9.59 Å². The van der Waals surface area contributed by atoms with Crippen LogP contribution in [0.15, 0.2) is 36.4 Å². The number of rotatable bonds is 9. The van der Waals surface area contributed by atoms with Gasteiger partial charge in [0.2, 0.25) is 5.91 Å². The summed E-state index contributed by atoms with van der Waals surface area (Å²) in [5.74, 6) is 0.120. The third kappa shape index (κ3) is 6.92. The highest BCUT2D eigenvalue weighted by atomic mass is 35.5. The Hall–Kier alpha value is -2.24. The van der Waals surface area contributed by atoms with E-state index in [2.05, 4.69) is 5.32 Å². The first-order valence-corrected chi connectivity index (χ1v) is 10.7. The molecule has 1 N–H and O–H groups in total. The largest absolute Gasteiger partial charge is 0.484 e. The molecule has 1 atom stereocenters. The van der Waals surface area contributed by atoms with Gasteiger partial charge in [0.1, 0.15) is 11.8 Å². The van der Waals surface area contributed by atoms with Gasteiger partial charge in [0.15, 0.2) is 6.61 Å². The lowest BCUT2D eigenvalue weighted by atomic mass is 10.1. The predicted octanol–water partition coefficient (Wildman–Crippen LogP) is 4.93. The molecule has 0 aliphatic carbocycles. The monoisotopic (exact) mass is 450 g/mol. The number of benzene rings is 2. The maximum atomic E-state index is 13.0. The van der Waals surface area contributed by atoms with Crippen molar-refractivity contribution in [3.8, 4) is 5.75 Å². The first-order valence-electron chi connectivity index (χ1n) is 9.93. The van der Waals surface area contributed by atoms with Gasteiger partial charge in [-0.15, -0.1) is 0 Å². The van der Waals surface area contributed by atoms with Crippen molar-refractivity contribution in [2.24, 2.45) is 0 Å². The van der Waals surface area contributed by atoms with Gasteiger partial charge in [-0.2, -0.15) is 0 Å². The number of halogens is 2. The van der Waals surface area contributed by atoms with E-state index in [4.69, 9.17) is 27.9 Å². The number of ether oxygens (including phenoxy) is 1. The molecule has 2 amide bonds. The third-order valence-corrected chi connectivity index (χ3v) is 5.35. The zero-order valence-electron chi connectivity index (χ0n) is 17.8. The lowest BCUT2D eigenvalue weighted by Gasteiger charge is -2.29. The smallest absolute Gasteiger partial charge is 0.261 e. The summed E-state index contributed by atoms with van der Waals surface area (Å²) in [4.78, 5) is 27.0. The second-order valence-electron chi connectivity index (χ2n) is 7.35. The van der Waals surface area contributed by atoms with Crippen LogP contribution in [0.2, 0.25) is 10.0 Å². The molecule has 2 aromatic carbocycles. The topological polar surface area (TPSA) is 58.6 Å². The maximum Gasteiger partial charge on any atom is 0.261 e. The number of nitrogens with zero attached hydrogens (tertiary/aromatic N) is 1. The van der Waals surface area contributed by atoms with Crippen LogP contribution in [0.4, 0.5) is 0 Å². The first kappa shape index (κ1) is 24.0. The molecule has 5 nitrogen and oxygen atoms in total. The molecule has 0 aliphatic heterocycles. The van der Waals surface area contributed by atoms with Crippen LogP contribution in [0.5, 0.6) is 5.75 Å². The number of hydrogen-bond acceptors (Lipinski definition) is 3. The van der Waals surface area contributed by atoms with E-state index in [1.807, 2.05) is 39.0 Å². The zero-order chi connectivity index (χ0) is 22.3. The number of amides is 2. The predicted molar refractivity (Wildman–Crippen MR) is 121 cm³/mol. The molecule has 162 valence electrons. The van der Waals surface area contributed by atoms with Gasteiger partial charge in [-0.1, -0.05) is 42.3 Å². The van der Waals surface area contributed by atoms with Crippen molar-refractivity contribution in [3.63, 3.8) is 0 Å². The van der Waals surface area contributed by atoms with Gasteiger partial charge in [0.25, 0.3) is 5.91 Å². The molecule has 2 aromatic rings. The zero-order valence-corrected chi connectivity index (χ0v) is 19.3. The van der Waals surface area contributed by atoms with Crippen molar-refractivity contribution in [1.82, 2.24) is 10.2 Å². The van der Waals surface area contributed by atoms with Crippen LogP contribution in [-0.2, 0) is 16.1 Å². The quantitative estimate of drug-likeness (QED) is 0.588. The van der Waals surface area contributed by atoms with Gasteiger partial charge in [0, 0.05) is 13.1 Å². The van der Waals surface area contributed by atoms with Crippen LogP contribution < -0.4 is 10.1 Å². The van der Waals surface area contributed by atoms with Gasteiger partial charge in [0.05, 0.1) is 10.0 Å². The molecular formula is C23H28Cl2N2O3. The van der Waals surface area contributed by atoms with E-state index >= 15 is 0 Å². The van der Waals surface area contributed by atoms with Gasteiger partial charge >= 0.3 is 0 Å². The molecule has 7 heteroatoms. The third-order valence-electron chi connectivity index (χ3n) is 4.61. The molecule has 0 aliphatic rings. The van der Waals surface area contributed by atoms with Crippen molar-refractivity contribution >= 4 is 35.0 Å². The standard InChI is InChI=1S/C23H28Cl2N2O3/c1-5-8-26-23(29)17(4)27(13-18-6-7-20(24)21(25)12-18)22(28)14-30-19-10-15(2)9-16(3)11-19/h6-7,9-12,17H,5,8,13-14H2,1-4H3,(H,26,29)/t17-/m1/s1. The minimum atomic E-state index is -0.665. The molecule has 0 aromatic heterocycles. The van der Waals surface area contributed by atoms with E-state index in [0.29, 0.717) is 22.3 Å². The Labute approximate surface area is 188 Å². The Bertz CT molecular complexity index is 882. The van der Waals surface area contributed by atoms with E-state index < -0.39 is 6.04 Å². The van der Waals surface area contributed by atoms with E-state index in [-0.39, 0.29) is 25.0 Å². The molecule has 0 spiro atoms. The Morgan fingerprint density at radius 2 is 1.73 bits per heavy atom. The Morgan fingerprint density at radius 1 is 1.07 bits per heavy atom. The lowest BCUT2D eigenvalue weighted by Crippen LogP contribution is -2.49.